The highest BCUT2D eigenvalue weighted by Crippen LogP contribution is 2.27. The predicted octanol–water partition coefficient (Wildman–Crippen LogP) is 3.27. The van der Waals surface area contributed by atoms with Crippen LogP contribution in [0, 0.1) is 0 Å². The van der Waals surface area contributed by atoms with Crippen LogP contribution in [0.2, 0.25) is 5.02 Å². The molecule has 0 amide bonds. The van der Waals surface area contributed by atoms with Gasteiger partial charge in [-0.2, -0.15) is 0 Å². The van der Waals surface area contributed by atoms with Gasteiger partial charge in [0.25, 0.3) is 0 Å². The first kappa shape index (κ1) is 9.75. The Labute approximate surface area is 89.0 Å². The number of hydrogen-bond acceptors (Lipinski definition) is 1. The van der Waals surface area contributed by atoms with Crippen molar-refractivity contribution in [2.24, 2.45) is 0 Å². The summed E-state index contributed by atoms with van der Waals surface area (Å²) < 4.78 is 0. The van der Waals surface area contributed by atoms with Crippen LogP contribution in [0.5, 0.6) is 0 Å². The zero-order chi connectivity index (χ0) is 9.97. The van der Waals surface area contributed by atoms with E-state index < -0.39 is 0 Å². The number of rotatable bonds is 1. The summed E-state index contributed by atoms with van der Waals surface area (Å²) in [6.45, 7) is 0. The van der Waals surface area contributed by atoms with Crippen LogP contribution >= 0.6 is 11.6 Å². The molecule has 1 atom stereocenters. The average Bonchev–Trinajstić information content (AvgIpc) is 2.20. The Balaban J connectivity index is 2.29. The Morgan fingerprint density at radius 1 is 1.21 bits per heavy atom. The van der Waals surface area contributed by atoms with Crippen LogP contribution in [0.3, 0.4) is 0 Å². The lowest BCUT2D eigenvalue weighted by atomic mass is 9.91. The molecule has 0 saturated heterocycles. The molecule has 14 heavy (non-hydrogen) atoms. The molecular formula is C12H13ClO. The summed E-state index contributed by atoms with van der Waals surface area (Å²) >= 11 is 5.81. The molecule has 1 aliphatic rings. The maximum Gasteiger partial charge on any atom is 0.0792 e. The van der Waals surface area contributed by atoms with Gasteiger partial charge in [0.05, 0.1) is 6.10 Å². The number of allylic oxidation sites excluding steroid dienone is 1. The Kier molecular flexibility index (Phi) is 2.90. The fourth-order valence-corrected chi connectivity index (χ4v) is 1.94. The van der Waals surface area contributed by atoms with Gasteiger partial charge in [-0.05, 0) is 42.5 Å². The lowest BCUT2D eigenvalue weighted by Crippen LogP contribution is -2.12. The van der Waals surface area contributed by atoms with E-state index in [1.165, 1.54) is 0 Å². The van der Waals surface area contributed by atoms with E-state index in [9.17, 15) is 5.11 Å². The molecule has 0 heterocycles. The van der Waals surface area contributed by atoms with Gasteiger partial charge in [0.15, 0.2) is 0 Å². The summed E-state index contributed by atoms with van der Waals surface area (Å²) in [7, 11) is 0. The quantitative estimate of drug-likeness (QED) is 0.751. The standard InChI is InChI=1S/C12H13ClO/c13-10-7-5-9(6-8-10)11-3-1-2-4-12(11)14/h3,5-8,12,14H,1-2,4H2. The van der Waals surface area contributed by atoms with Crippen molar-refractivity contribution < 1.29 is 5.11 Å². The molecule has 0 bridgehead atoms. The van der Waals surface area contributed by atoms with E-state index in [1.807, 2.05) is 24.3 Å². The monoisotopic (exact) mass is 208 g/mol. The number of benzene rings is 1. The average molecular weight is 209 g/mol. The molecule has 0 saturated carbocycles. The van der Waals surface area contributed by atoms with E-state index in [4.69, 9.17) is 11.6 Å². The van der Waals surface area contributed by atoms with Gasteiger partial charge in [-0.1, -0.05) is 29.8 Å². The summed E-state index contributed by atoms with van der Waals surface area (Å²) in [4.78, 5) is 0. The molecule has 0 spiro atoms. The maximum absolute atomic E-state index is 9.79. The van der Waals surface area contributed by atoms with Crippen LogP contribution in [0.4, 0.5) is 0 Å². The van der Waals surface area contributed by atoms with Crippen molar-refractivity contribution >= 4 is 17.2 Å². The minimum absolute atomic E-state index is 0.301. The van der Waals surface area contributed by atoms with Crippen LogP contribution in [0.1, 0.15) is 24.8 Å². The second-order valence-corrected chi connectivity index (χ2v) is 4.05. The minimum Gasteiger partial charge on any atom is -0.388 e. The zero-order valence-electron chi connectivity index (χ0n) is 7.91. The van der Waals surface area contributed by atoms with Crippen molar-refractivity contribution in [3.05, 3.63) is 40.9 Å². The van der Waals surface area contributed by atoms with Gasteiger partial charge in [-0.3, -0.25) is 0 Å². The maximum atomic E-state index is 9.79. The van der Waals surface area contributed by atoms with E-state index in [0.29, 0.717) is 0 Å². The van der Waals surface area contributed by atoms with E-state index in [1.54, 1.807) is 0 Å². The van der Waals surface area contributed by atoms with Gasteiger partial charge in [-0.15, -0.1) is 0 Å². The highest BCUT2D eigenvalue weighted by atomic mass is 35.5. The second-order valence-electron chi connectivity index (χ2n) is 3.61. The molecule has 0 aliphatic heterocycles. The molecule has 1 unspecified atom stereocenters. The molecule has 2 heteroatoms. The van der Waals surface area contributed by atoms with Crippen molar-refractivity contribution in [3.8, 4) is 0 Å². The SMILES string of the molecule is OC1CCCC=C1c1ccc(Cl)cc1. The first-order valence-corrected chi connectivity index (χ1v) is 5.29. The zero-order valence-corrected chi connectivity index (χ0v) is 8.67. The molecule has 1 aromatic carbocycles. The molecule has 2 rings (SSSR count). The third kappa shape index (κ3) is 1.99. The number of aliphatic hydroxyl groups is 1. The third-order valence-electron chi connectivity index (χ3n) is 2.58. The summed E-state index contributed by atoms with van der Waals surface area (Å²) in [6.07, 6.45) is 4.84. The fourth-order valence-electron chi connectivity index (χ4n) is 1.81. The van der Waals surface area contributed by atoms with Gasteiger partial charge in [0.1, 0.15) is 0 Å². The first-order valence-electron chi connectivity index (χ1n) is 4.91. The Bertz CT molecular complexity index is 340. The lowest BCUT2D eigenvalue weighted by Gasteiger charge is -2.19. The van der Waals surface area contributed by atoms with Gasteiger partial charge in [-0.25, -0.2) is 0 Å². The summed E-state index contributed by atoms with van der Waals surface area (Å²) in [5.74, 6) is 0. The Morgan fingerprint density at radius 2 is 1.93 bits per heavy atom. The minimum atomic E-state index is -0.301. The predicted molar refractivity (Wildman–Crippen MR) is 59.3 cm³/mol. The number of halogens is 1. The van der Waals surface area contributed by atoms with Crippen LogP contribution < -0.4 is 0 Å². The van der Waals surface area contributed by atoms with E-state index >= 15 is 0 Å². The smallest absolute Gasteiger partial charge is 0.0792 e. The van der Waals surface area contributed by atoms with Crippen molar-refractivity contribution in [1.82, 2.24) is 0 Å². The van der Waals surface area contributed by atoms with Gasteiger partial charge >= 0.3 is 0 Å². The van der Waals surface area contributed by atoms with Gasteiger partial charge in [0.2, 0.25) is 0 Å². The van der Waals surface area contributed by atoms with Crippen LogP contribution in [-0.2, 0) is 0 Å². The third-order valence-corrected chi connectivity index (χ3v) is 2.83. The van der Waals surface area contributed by atoms with Gasteiger partial charge in [0, 0.05) is 5.02 Å². The van der Waals surface area contributed by atoms with Crippen LogP contribution in [0.25, 0.3) is 5.57 Å². The highest BCUT2D eigenvalue weighted by Gasteiger charge is 2.15. The number of aliphatic hydroxyl groups excluding tert-OH is 1. The van der Waals surface area contributed by atoms with Crippen molar-refractivity contribution in [1.29, 1.82) is 0 Å². The molecule has 0 radical (unpaired) electrons. The van der Waals surface area contributed by atoms with E-state index in [2.05, 4.69) is 6.08 Å². The van der Waals surface area contributed by atoms with Crippen molar-refractivity contribution in [2.75, 3.05) is 0 Å². The van der Waals surface area contributed by atoms with E-state index in [-0.39, 0.29) is 6.10 Å². The molecule has 0 fully saturated rings. The van der Waals surface area contributed by atoms with Crippen LogP contribution in [0.15, 0.2) is 30.3 Å². The second kappa shape index (κ2) is 4.16. The normalized spacial score (nSPS) is 21.9. The molecule has 0 aromatic heterocycles. The highest BCUT2D eigenvalue weighted by molar-refractivity contribution is 6.30. The Morgan fingerprint density at radius 3 is 2.57 bits per heavy atom. The molecule has 1 nitrogen and oxygen atoms in total. The fraction of sp³-hybridized carbons (Fsp3) is 0.333. The first-order chi connectivity index (χ1) is 6.77. The molecule has 1 aliphatic carbocycles. The molecule has 1 aromatic rings. The van der Waals surface area contributed by atoms with E-state index in [0.717, 1.165) is 35.4 Å². The molecule has 74 valence electrons. The van der Waals surface area contributed by atoms with Crippen molar-refractivity contribution in [2.45, 2.75) is 25.4 Å². The summed E-state index contributed by atoms with van der Waals surface area (Å²) in [6, 6.07) is 7.64. The van der Waals surface area contributed by atoms with Gasteiger partial charge < -0.3 is 5.11 Å². The Hall–Kier alpha value is -0.790. The number of hydrogen-bond donors (Lipinski definition) is 1. The van der Waals surface area contributed by atoms with Crippen LogP contribution in [-0.4, -0.2) is 11.2 Å². The molecular weight excluding hydrogens is 196 g/mol. The summed E-state index contributed by atoms with van der Waals surface area (Å²) in [5, 5.41) is 10.5. The topological polar surface area (TPSA) is 20.2 Å². The van der Waals surface area contributed by atoms with Crippen molar-refractivity contribution in [3.63, 3.8) is 0 Å². The largest absolute Gasteiger partial charge is 0.388 e. The summed E-state index contributed by atoms with van der Waals surface area (Å²) in [5.41, 5.74) is 2.13. The lowest BCUT2D eigenvalue weighted by molar-refractivity contribution is 0.214. The molecule has 1 N–H and O–H groups in total.